The van der Waals surface area contributed by atoms with Gasteiger partial charge < -0.3 is 11.1 Å². The van der Waals surface area contributed by atoms with Gasteiger partial charge in [-0.25, -0.2) is 4.39 Å². The first-order valence-corrected chi connectivity index (χ1v) is 6.68. The number of amides is 1. The van der Waals surface area contributed by atoms with Crippen LogP contribution in [0.5, 0.6) is 0 Å². The minimum atomic E-state index is -0.319. The smallest absolute Gasteiger partial charge is 0.238 e. The Balaban J connectivity index is 2.53. The van der Waals surface area contributed by atoms with Crippen LogP contribution >= 0.6 is 0 Å². The molecule has 0 aliphatic carbocycles. The number of halogens is 1. The predicted octanol–water partition coefficient (Wildman–Crippen LogP) is 1.99. The molecule has 0 heterocycles. The number of likely N-dealkylation sites (N-methyl/N-ethyl adjacent to an activating group) is 1. The van der Waals surface area contributed by atoms with Crippen LogP contribution in [0.4, 0.5) is 10.1 Å². The molecule has 0 aromatic heterocycles. The quantitative estimate of drug-likeness (QED) is 0.838. The summed E-state index contributed by atoms with van der Waals surface area (Å²) in [6.07, 6.45) is 0. The Hall–Kier alpha value is -1.46. The van der Waals surface area contributed by atoms with Gasteiger partial charge in [0.25, 0.3) is 0 Å². The summed E-state index contributed by atoms with van der Waals surface area (Å²) in [5, 5.41) is 2.69. The van der Waals surface area contributed by atoms with E-state index in [2.05, 4.69) is 19.2 Å². The van der Waals surface area contributed by atoms with Crippen LogP contribution < -0.4 is 11.1 Å². The minimum Gasteiger partial charge on any atom is -0.330 e. The molecule has 3 N–H and O–H groups in total. The molecule has 0 spiro atoms. The van der Waals surface area contributed by atoms with E-state index in [1.165, 1.54) is 6.07 Å². The van der Waals surface area contributed by atoms with E-state index in [-0.39, 0.29) is 23.7 Å². The Morgan fingerprint density at radius 3 is 2.65 bits per heavy atom. The highest BCUT2D eigenvalue weighted by atomic mass is 19.1. The molecule has 0 bridgehead atoms. The number of carbonyl (C=O) groups is 1. The maximum absolute atomic E-state index is 13.4. The third-order valence-electron chi connectivity index (χ3n) is 3.12. The maximum atomic E-state index is 13.4. The molecule has 1 rings (SSSR count). The second-order valence-electron chi connectivity index (χ2n) is 6.05. The molecule has 0 saturated heterocycles. The molecule has 5 heteroatoms. The van der Waals surface area contributed by atoms with E-state index in [1.807, 2.05) is 11.9 Å². The molecule has 0 aliphatic heterocycles. The fourth-order valence-corrected chi connectivity index (χ4v) is 1.97. The first-order chi connectivity index (χ1) is 9.23. The average molecular weight is 281 g/mol. The third-order valence-corrected chi connectivity index (χ3v) is 3.12. The van der Waals surface area contributed by atoms with Gasteiger partial charge in [0.1, 0.15) is 5.82 Å². The number of hydrogen-bond acceptors (Lipinski definition) is 3. The molecule has 0 atom stereocenters. The second-order valence-corrected chi connectivity index (χ2v) is 6.05. The van der Waals surface area contributed by atoms with Gasteiger partial charge in [-0.3, -0.25) is 9.69 Å². The maximum Gasteiger partial charge on any atom is 0.238 e. The molecule has 1 aromatic rings. The lowest BCUT2D eigenvalue weighted by molar-refractivity contribution is -0.117. The van der Waals surface area contributed by atoms with Gasteiger partial charge in [-0.05, 0) is 43.6 Å². The summed E-state index contributed by atoms with van der Waals surface area (Å²) in [5.74, 6) is -0.482. The first-order valence-electron chi connectivity index (χ1n) is 6.68. The van der Waals surface area contributed by atoms with Crippen molar-refractivity contribution in [1.82, 2.24) is 4.90 Å². The number of aryl methyl sites for hydroxylation is 1. The van der Waals surface area contributed by atoms with E-state index < -0.39 is 0 Å². The van der Waals surface area contributed by atoms with E-state index >= 15 is 0 Å². The zero-order valence-corrected chi connectivity index (χ0v) is 12.7. The molecular formula is C15H24FN3O. The van der Waals surface area contributed by atoms with Gasteiger partial charge >= 0.3 is 0 Å². The molecule has 0 aliphatic rings. The average Bonchev–Trinajstić information content (AvgIpc) is 2.33. The predicted molar refractivity (Wildman–Crippen MR) is 80.1 cm³/mol. The number of hydrogen-bond donors (Lipinski definition) is 2. The van der Waals surface area contributed by atoms with Crippen molar-refractivity contribution in [3.8, 4) is 0 Å². The zero-order valence-electron chi connectivity index (χ0n) is 12.7. The summed E-state index contributed by atoms with van der Waals surface area (Å²) in [5.41, 5.74) is 6.67. The van der Waals surface area contributed by atoms with Crippen LogP contribution in [0, 0.1) is 18.2 Å². The van der Waals surface area contributed by atoms with Crippen LogP contribution in [0.15, 0.2) is 18.2 Å². The van der Waals surface area contributed by atoms with Crippen LogP contribution in [0.2, 0.25) is 0 Å². The van der Waals surface area contributed by atoms with Crippen molar-refractivity contribution in [1.29, 1.82) is 0 Å². The van der Waals surface area contributed by atoms with Crippen LogP contribution in [0.3, 0.4) is 0 Å². The summed E-state index contributed by atoms with van der Waals surface area (Å²) in [7, 11) is 1.87. The largest absolute Gasteiger partial charge is 0.330 e. The van der Waals surface area contributed by atoms with Crippen molar-refractivity contribution < 1.29 is 9.18 Å². The van der Waals surface area contributed by atoms with E-state index in [0.29, 0.717) is 17.8 Å². The Labute approximate surface area is 120 Å². The molecule has 20 heavy (non-hydrogen) atoms. The van der Waals surface area contributed by atoms with Crippen molar-refractivity contribution in [2.24, 2.45) is 11.1 Å². The number of anilines is 1. The summed E-state index contributed by atoms with van der Waals surface area (Å²) in [6.45, 7) is 7.32. The van der Waals surface area contributed by atoms with Gasteiger partial charge in [0.05, 0.1) is 6.54 Å². The zero-order chi connectivity index (χ0) is 15.3. The van der Waals surface area contributed by atoms with Crippen LogP contribution in [-0.2, 0) is 4.79 Å². The number of nitrogens with one attached hydrogen (secondary N) is 1. The summed E-state index contributed by atoms with van der Waals surface area (Å²) in [4.78, 5) is 13.8. The molecule has 0 fully saturated rings. The molecule has 1 amide bonds. The number of nitrogens with zero attached hydrogens (tertiary/aromatic N) is 1. The monoisotopic (exact) mass is 281 g/mol. The molecule has 0 radical (unpaired) electrons. The van der Waals surface area contributed by atoms with Gasteiger partial charge in [-0.15, -0.1) is 0 Å². The van der Waals surface area contributed by atoms with Gasteiger partial charge in [-0.1, -0.05) is 19.9 Å². The highest BCUT2D eigenvalue weighted by Crippen LogP contribution is 2.15. The van der Waals surface area contributed by atoms with Crippen LogP contribution in [-0.4, -0.2) is 37.5 Å². The number of carbonyl (C=O) groups excluding carboxylic acids is 1. The lowest BCUT2D eigenvalue weighted by Gasteiger charge is -2.28. The molecule has 112 valence electrons. The van der Waals surface area contributed by atoms with Gasteiger partial charge in [0.15, 0.2) is 0 Å². The molecule has 1 aromatic carbocycles. The normalized spacial score (nSPS) is 11.8. The lowest BCUT2D eigenvalue weighted by Crippen LogP contribution is -2.40. The number of nitrogens with two attached hydrogens (primary N) is 1. The van der Waals surface area contributed by atoms with Crippen molar-refractivity contribution in [3.05, 3.63) is 29.6 Å². The Morgan fingerprint density at radius 2 is 2.10 bits per heavy atom. The molecule has 0 unspecified atom stereocenters. The lowest BCUT2D eigenvalue weighted by atomic mass is 9.93. The van der Waals surface area contributed by atoms with Gasteiger partial charge in [0, 0.05) is 12.2 Å². The molecular weight excluding hydrogens is 257 g/mol. The van der Waals surface area contributed by atoms with E-state index in [1.54, 1.807) is 19.1 Å². The highest BCUT2D eigenvalue weighted by molar-refractivity contribution is 5.92. The summed E-state index contributed by atoms with van der Waals surface area (Å²) in [6, 6.07) is 4.67. The molecule has 0 saturated carbocycles. The molecule has 4 nitrogen and oxygen atoms in total. The summed E-state index contributed by atoms with van der Waals surface area (Å²) >= 11 is 0. The topological polar surface area (TPSA) is 58.4 Å². The number of benzene rings is 1. The fraction of sp³-hybridized carbons (Fsp3) is 0.533. The van der Waals surface area contributed by atoms with Gasteiger partial charge in [0.2, 0.25) is 5.91 Å². The Bertz CT molecular complexity index is 474. The number of rotatable bonds is 6. The van der Waals surface area contributed by atoms with Gasteiger partial charge in [-0.2, -0.15) is 0 Å². The Morgan fingerprint density at radius 1 is 1.45 bits per heavy atom. The minimum absolute atomic E-state index is 0.0367. The summed E-state index contributed by atoms with van der Waals surface area (Å²) < 4.78 is 13.4. The Kier molecular flexibility index (Phi) is 5.65. The van der Waals surface area contributed by atoms with Crippen molar-refractivity contribution in [3.63, 3.8) is 0 Å². The van der Waals surface area contributed by atoms with E-state index in [0.717, 1.165) is 6.54 Å². The van der Waals surface area contributed by atoms with Crippen molar-refractivity contribution >= 4 is 11.6 Å². The van der Waals surface area contributed by atoms with Crippen molar-refractivity contribution in [2.75, 3.05) is 32.0 Å². The first kappa shape index (κ1) is 16.6. The van der Waals surface area contributed by atoms with Crippen LogP contribution in [0.1, 0.15) is 19.4 Å². The third kappa shape index (κ3) is 5.27. The second kappa shape index (κ2) is 6.81. The van der Waals surface area contributed by atoms with E-state index in [9.17, 15) is 9.18 Å². The standard InChI is InChI=1S/C15H24FN3O/c1-11-5-6-12(7-13(11)16)18-14(20)8-19(4)10-15(2,3)9-17/h5-7H,8-10,17H2,1-4H3,(H,18,20). The van der Waals surface area contributed by atoms with Crippen molar-refractivity contribution in [2.45, 2.75) is 20.8 Å². The highest BCUT2D eigenvalue weighted by Gasteiger charge is 2.19. The van der Waals surface area contributed by atoms with Crippen LogP contribution in [0.25, 0.3) is 0 Å². The SMILES string of the molecule is Cc1ccc(NC(=O)CN(C)CC(C)(C)CN)cc1F. The fourth-order valence-electron chi connectivity index (χ4n) is 1.97. The van der Waals surface area contributed by atoms with E-state index in [4.69, 9.17) is 5.73 Å².